The molecule has 102 valence electrons. The molecule has 0 spiro atoms. The van der Waals surface area contributed by atoms with Gasteiger partial charge in [-0.15, -0.1) is 0 Å². The van der Waals surface area contributed by atoms with Gasteiger partial charge in [0, 0.05) is 16.5 Å². The highest BCUT2D eigenvalue weighted by Crippen LogP contribution is 2.62. The monoisotopic (exact) mass is 326 g/mol. The molecule has 2 unspecified atom stereocenters. The predicted molar refractivity (Wildman–Crippen MR) is 69.7 cm³/mol. The van der Waals surface area contributed by atoms with Crippen LogP contribution in [0.1, 0.15) is 32.3 Å². The third-order valence-corrected chi connectivity index (χ3v) is 4.87. The molecule has 0 amide bonds. The Morgan fingerprint density at radius 2 is 1.84 bits per heavy atom. The number of rotatable bonds is 1. The first-order valence-corrected chi connectivity index (χ1v) is 7.28. The quantitative estimate of drug-likeness (QED) is 0.741. The van der Waals surface area contributed by atoms with Crippen LogP contribution in [0.4, 0.5) is 0 Å². The Balaban J connectivity index is 1.84. The number of fused-ring (bicyclic) bond motifs is 1. The first-order chi connectivity index (χ1) is 8.96. The first-order valence-electron chi connectivity index (χ1n) is 6.49. The van der Waals surface area contributed by atoms with Gasteiger partial charge in [-0.3, -0.25) is 0 Å². The van der Waals surface area contributed by atoms with E-state index in [0.717, 1.165) is 22.9 Å². The second-order valence-corrected chi connectivity index (χ2v) is 6.70. The minimum absolute atomic E-state index is 0.0444. The fraction of sp³-hybridized carbons (Fsp3) is 0.571. The maximum atomic E-state index is 6.16. The molecule has 5 heteroatoms. The van der Waals surface area contributed by atoms with E-state index in [0.29, 0.717) is 0 Å². The molecule has 5 rings (SSSR count). The van der Waals surface area contributed by atoms with Crippen molar-refractivity contribution in [2.24, 2.45) is 5.92 Å². The average molecular weight is 327 g/mol. The van der Waals surface area contributed by atoms with Crippen molar-refractivity contribution in [2.75, 3.05) is 0 Å². The molecule has 4 atom stereocenters. The summed E-state index contributed by atoms with van der Waals surface area (Å²) in [5.41, 5.74) is 0.971. The molecule has 4 heterocycles. The summed E-state index contributed by atoms with van der Waals surface area (Å²) >= 11 is 3.44. The van der Waals surface area contributed by atoms with Gasteiger partial charge in [-0.1, -0.05) is 28.1 Å². The zero-order valence-electron chi connectivity index (χ0n) is 10.8. The van der Waals surface area contributed by atoms with Gasteiger partial charge in [0.1, 0.15) is 0 Å². The van der Waals surface area contributed by atoms with Gasteiger partial charge in [0.05, 0.1) is 5.92 Å². The van der Waals surface area contributed by atoms with Crippen LogP contribution in [0.15, 0.2) is 28.7 Å². The van der Waals surface area contributed by atoms with Gasteiger partial charge in [0.2, 0.25) is 11.6 Å². The summed E-state index contributed by atoms with van der Waals surface area (Å²) in [7, 11) is 0. The minimum atomic E-state index is -0.847. The van der Waals surface area contributed by atoms with Gasteiger partial charge in [0.25, 0.3) is 0 Å². The van der Waals surface area contributed by atoms with E-state index >= 15 is 0 Å². The Hall–Kier alpha value is -0.460. The van der Waals surface area contributed by atoms with Crippen LogP contribution in [0.5, 0.6) is 0 Å². The molecular formula is C14H15BrO4. The standard InChI is InChI=1S/C14H15BrO4/c1-12-8-7-11-13(2,16-12)18-19-14(11,17-12)9-3-5-10(15)6-4-9/h3-6,11H,7-8H2,1-2H3/t11?,12?,13-,14+/m0/s1. The summed E-state index contributed by atoms with van der Waals surface area (Å²) in [6.07, 6.45) is 1.82. The number of benzene rings is 1. The van der Waals surface area contributed by atoms with Crippen molar-refractivity contribution < 1.29 is 19.2 Å². The zero-order chi connectivity index (χ0) is 13.3. The van der Waals surface area contributed by atoms with Gasteiger partial charge < -0.3 is 9.47 Å². The third-order valence-electron chi connectivity index (χ3n) is 4.34. The second-order valence-electron chi connectivity index (χ2n) is 5.79. The van der Waals surface area contributed by atoms with Crippen LogP contribution >= 0.6 is 15.9 Å². The number of hydrogen-bond acceptors (Lipinski definition) is 4. The number of halogens is 1. The van der Waals surface area contributed by atoms with E-state index in [1.807, 2.05) is 38.1 Å². The van der Waals surface area contributed by atoms with Gasteiger partial charge >= 0.3 is 0 Å². The molecule has 4 aliphatic rings. The highest BCUT2D eigenvalue weighted by atomic mass is 79.9. The predicted octanol–water partition coefficient (Wildman–Crippen LogP) is 3.45. The van der Waals surface area contributed by atoms with Crippen LogP contribution in [-0.2, 0) is 25.0 Å². The van der Waals surface area contributed by atoms with Crippen LogP contribution in [0.3, 0.4) is 0 Å². The Kier molecular flexibility index (Phi) is 2.33. The van der Waals surface area contributed by atoms with E-state index < -0.39 is 17.4 Å². The third kappa shape index (κ3) is 1.53. The second kappa shape index (κ2) is 3.59. The lowest BCUT2D eigenvalue weighted by atomic mass is 9.76. The van der Waals surface area contributed by atoms with Gasteiger partial charge in [-0.25, -0.2) is 0 Å². The molecule has 4 fully saturated rings. The molecule has 0 aliphatic carbocycles. The molecule has 4 nitrogen and oxygen atoms in total. The normalized spacial score (nSPS) is 47.6. The van der Waals surface area contributed by atoms with Gasteiger partial charge in [-0.05, 0) is 32.4 Å². The maximum absolute atomic E-state index is 6.16. The van der Waals surface area contributed by atoms with Crippen molar-refractivity contribution in [3.63, 3.8) is 0 Å². The molecule has 0 radical (unpaired) electrons. The summed E-state index contributed by atoms with van der Waals surface area (Å²) in [4.78, 5) is 11.1. The van der Waals surface area contributed by atoms with E-state index in [2.05, 4.69) is 15.9 Å². The van der Waals surface area contributed by atoms with Crippen molar-refractivity contribution in [2.45, 2.75) is 44.1 Å². The summed E-state index contributed by atoms with van der Waals surface area (Å²) in [6.45, 7) is 3.88. The largest absolute Gasteiger partial charge is 0.315 e. The molecule has 1 aromatic rings. The summed E-state index contributed by atoms with van der Waals surface area (Å²) in [5.74, 6) is -2.17. The number of hydrogen-bond donors (Lipinski definition) is 0. The topological polar surface area (TPSA) is 36.9 Å². The van der Waals surface area contributed by atoms with Crippen molar-refractivity contribution >= 4 is 15.9 Å². The number of ether oxygens (including phenoxy) is 2. The van der Waals surface area contributed by atoms with Crippen molar-refractivity contribution in [3.05, 3.63) is 34.3 Å². The lowest BCUT2D eigenvalue weighted by molar-refractivity contribution is -0.433. The zero-order valence-corrected chi connectivity index (χ0v) is 12.4. The minimum Gasteiger partial charge on any atom is -0.315 e. The molecule has 4 aliphatic heterocycles. The first kappa shape index (κ1) is 12.3. The molecule has 1 aromatic carbocycles. The van der Waals surface area contributed by atoms with Gasteiger partial charge in [0.15, 0.2) is 5.79 Å². The molecule has 4 saturated heterocycles. The fourth-order valence-electron chi connectivity index (χ4n) is 3.50. The maximum Gasteiger partial charge on any atom is 0.238 e. The van der Waals surface area contributed by atoms with Crippen molar-refractivity contribution in [1.82, 2.24) is 0 Å². The van der Waals surface area contributed by atoms with Crippen LogP contribution in [0.25, 0.3) is 0 Å². The average Bonchev–Trinajstić information content (AvgIpc) is 2.58. The van der Waals surface area contributed by atoms with Crippen LogP contribution < -0.4 is 0 Å². The Bertz CT molecular complexity index is 533. The smallest absolute Gasteiger partial charge is 0.238 e. The molecule has 0 saturated carbocycles. The van der Waals surface area contributed by atoms with E-state index in [1.54, 1.807) is 0 Å². The summed E-state index contributed by atoms with van der Waals surface area (Å²) in [5, 5.41) is 0. The van der Waals surface area contributed by atoms with E-state index in [9.17, 15) is 0 Å². The SMILES string of the molecule is CC12CCC3[C@](C)(OO[C@@]3(c3ccc(Br)cc3)O1)O2. The van der Waals surface area contributed by atoms with Crippen LogP contribution in [0.2, 0.25) is 0 Å². The molecule has 0 N–H and O–H groups in total. The van der Waals surface area contributed by atoms with E-state index in [4.69, 9.17) is 19.2 Å². The Labute approximate surface area is 120 Å². The summed E-state index contributed by atoms with van der Waals surface area (Å²) < 4.78 is 13.1. The summed E-state index contributed by atoms with van der Waals surface area (Å²) in [6, 6.07) is 7.97. The van der Waals surface area contributed by atoms with Gasteiger partial charge in [-0.2, -0.15) is 9.78 Å². The van der Waals surface area contributed by atoms with Crippen molar-refractivity contribution in [1.29, 1.82) is 0 Å². The fourth-order valence-corrected chi connectivity index (χ4v) is 3.77. The lowest BCUT2D eigenvalue weighted by Gasteiger charge is -2.54. The van der Waals surface area contributed by atoms with Crippen LogP contribution in [0, 0.1) is 5.92 Å². The van der Waals surface area contributed by atoms with E-state index in [1.165, 1.54) is 0 Å². The Morgan fingerprint density at radius 1 is 1.11 bits per heavy atom. The molecule has 4 bridgehead atoms. The highest BCUT2D eigenvalue weighted by molar-refractivity contribution is 9.10. The molecular weight excluding hydrogens is 312 g/mol. The van der Waals surface area contributed by atoms with Crippen molar-refractivity contribution in [3.8, 4) is 0 Å². The lowest BCUT2D eigenvalue weighted by Crippen LogP contribution is -2.62. The van der Waals surface area contributed by atoms with E-state index in [-0.39, 0.29) is 5.92 Å². The molecule has 19 heavy (non-hydrogen) atoms. The van der Waals surface area contributed by atoms with Crippen LogP contribution in [-0.4, -0.2) is 11.6 Å². The Morgan fingerprint density at radius 3 is 2.53 bits per heavy atom. The molecule has 0 aromatic heterocycles. The highest BCUT2D eigenvalue weighted by Gasteiger charge is 2.72.